The minimum absolute atomic E-state index is 0.135. The monoisotopic (exact) mass is 257 g/mol. The van der Waals surface area contributed by atoms with Gasteiger partial charge in [-0.2, -0.15) is 0 Å². The highest BCUT2D eigenvalue weighted by molar-refractivity contribution is 9.10. The van der Waals surface area contributed by atoms with E-state index in [0.29, 0.717) is 12.3 Å². The molecule has 1 saturated heterocycles. The Kier molecular flexibility index (Phi) is 2.93. The van der Waals surface area contributed by atoms with Crippen LogP contribution >= 0.6 is 15.9 Å². The zero-order valence-corrected chi connectivity index (χ0v) is 9.29. The fourth-order valence-electron chi connectivity index (χ4n) is 1.42. The topological polar surface area (TPSA) is 44.5 Å². The number of hydrogen-bond donors (Lipinski definition) is 1. The van der Waals surface area contributed by atoms with E-state index in [1.54, 1.807) is 0 Å². The number of benzene rings is 1. The Bertz CT molecular complexity index is 304. The summed E-state index contributed by atoms with van der Waals surface area (Å²) >= 11 is 3.41. The summed E-state index contributed by atoms with van der Waals surface area (Å²) in [6, 6.07) is 5.63. The van der Waals surface area contributed by atoms with Crippen molar-refractivity contribution < 1.29 is 9.47 Å². The van der Waals surface area contributed by atoms with Crippen molar-refractivity contribution in [2.75, 3.05) is 18.9 Å². The number of rotatable bonds is 2. The van der Waals surface area contributed by atoms with E-state index in [1.165, 1.54) is 0 Å². The van der Waals surface area contributed by atoms with E-state index < -0.39 is 0 Å². The summed E-state index contributed by atoms with van der Waals surface area (Å²) in [6.07, 6.45) is 1.07. The van der Waals surface area contributed by atoms with E-state index in [4.69, 9.17) is 15.2 Å². The van der Waals surface area contributed by atoms with Gasteiger partial charge in [0.2, 0.25) is 0 Å². The fourth-order valence-corrected chi connectivity index (χ4v) is 1.90. The van der Waals surface area contributed by atoms with Gasteiger partial charge in [-0.3, -0.25) is 0 Å². The lowest BCUT2D eigenvalue weighted by Crippen LogP contribution is -2.16. The lowest BCUT2D eigenvalue weighted by molar-refractivity contribution is 0.141. The molecule has 1 aromatic rings. The zero-order valence-electron chi connectivity index (χ0n) is 7.70. The van der Waals surface area contributed by atoms with Gasteiger partial charge in [-0.1, -0.05) is 6.07 Å². The summed E-state index contributed by atoms with van der Waals surface area (Å²) in [5.41, 5.74) is 6.46. The maximum atomic E-state index is 5.80. The second kappa shape index (κ2) is 4.19. The first-order valence-corrected chi connectivity index (χ1v) is 5.35. The first-order valence-electron chi connectivity index (χ1n) is 4.56. The van der Waals surface area contributed by atoms with E-state index in [9.17, 15) is 0 Å². The van der Waals surface area contributed by atoms with E-state index in [2.05, 4.69) is 15.9 Å². The molecule has 0 radical (unpaired) electrons. The molecule has 1 unspecified atom stereocenters. The molecule has 14 heavy (non-hydrogen) atoms. The molecule has 0 saturated carbocycles. The largest absolute Gasteiger partial charge is 0.485 e. The molecule has 1 heterocycles. The van der Waals surface area contributed by atoms with Crippen LogP contribution in [0.1, 0.15) is 6.42 Å². The Hall–Kier alpha value is -0.740. The predicted molar refractivity (Wildman–Crippen MR) is 58.4 cm³/mol. The van der Waals surface area contributed by atoms with E-state index in [1.807, 2.05) is 18.2 Å². The van der Waals surface area contributed by atoms with E-state index >= 15 is 0 Å². The van der Waals surface area contributed by atoms with Crippen LogP contribution in [-0.4, -0.2) is 19.3 Å². The van der Waals surface area contributed by atoms with Gasteiger partial charge in [-0.15, -0.1) is 0 Å². The first-order chi connectivity index (χ1) is 6.77. The lowest BCUT2D eigenvalue weighted by Gasteiger charge is -2.14. The molecule has 1 atom stereocenters. The number of anilines is 1. The summed E-state index contributed by atoms with van der Waals surface area (Å²) in [6.45, 7) is 1.43. The van der Waals surface area contributed by atoms with E-state index in [0.717, 1.165) is 23.2 Å². The summed E-state index contributed by atoms with van der Waals surface area (Å²) in [7, 11) is 0. The molecule has 0 aromatic heterocycles. The van der Waals surface area contributed by atoms with Crippen LogP contribution in [0.2, 0.25) is 0 Å². The number of nitrogens with two attached hydrogens (primary N) is 1. The van der Waals surface area contributed by atoms with Crippen molar-refractivity contribution in [1.29, 1.82) is 0 Å². The molecular weight excluding hydrogens is 246 g/mol. The van der Waals surface area contributed by atoms with Gasteiger partial charge in [0.05, 0.1) is 23.4 Å². The van der Waals surface area contributed by atoms with Crippen LogP contribution in [0, 0.1) is 0 Å². The van der Waals surface area contributed by atoms with Crippen LogP contribution in [0.5, 0.6) is 5.75 Å². The van der Waals surface area contributed by atoms with Gasteiger partial charge in [-0.05, 0) is 28.1 Å². The molecule has 0 bridgehead atoms. The van der Waals surface area contributed by atoms with Gasteiger partial charge in [0.25, 0.3) is 0 Å². The maximum Gasteiger partial charge on any atom is 0.156 e. The van der Waals surface area contributed by atoms with Gasteiger partial charge in [0, 0.05) is 6.42 Å². The SMILES string of the molecule is Nc1cccc(Br)c1OC1CCOC1. The third-order valence-electron chi connectivity index (χ3n) is 2.17. The summed E-state index contributed by atoms with van der Waals surface area (Å²) in [5.74, 6) is 0.725. The first kappa shape index (κ1) is 9.80. The quantitative estimate of drug-likeness (QED) is 0.827. The maximum absolute atomic E-state index is 5.80. The highest BCUT2D eigenvalue weighted by Crippen LogP contribution is 2.32. The van der Waals surface area contributed by atoms with Crippen LogP contribution in [0.25, 0.3) is 0 Å². The Labute approximate surface area is 91.3 Å². The normalized spacial score (nSPS) is 21.1. The number of halogens is 1. The molecule has 2 rings (SSSR count). The highest BCUT2D eigenvalue weighted by Gasteiger charge is 2.19. The average Bonchev–Trinajstić information content (AvgIpc) is 2.64. The molecule has 4 heteroatoms. The molecule has 3 nitrogen and oxygen atoms in total. The van der Waals surface area contributed by atoms with Gasteiger partial charge in [0.15, 0.2) is 5.75 Å². The van der Waals surface area contributed by atoms with Gasteiger partial charge in [0.1, 0.15) is 6.10 Å². The van der Waals surface area contributed by atoms with Crippen molar-refractivity contribution in [2.45, 2.75) is 12.5 Å². The minimum atomic E-state index is 0.135. The standard InChI is InChI=1S/C10H12BrNO2/c11-8-2-1-3-9(12)10(8)14-7-4-5-13-6-7/h1-3,7H,4-6,12H2. The minimum Gasteiger partial charge on any atom is -0.485 e. The second-order valence-electron chi connectivity index (χ2n) is 3.26. The van der Waals surface area contributed by atoms with Crippen molar-refractivity contribution in [2.24, 2.45) is 0 Å². The van der Waals surface area contributed by atoms with Gasteiger partial charge < -0.3 is 15.2 Å². The Morgan fingerprint density at radius 1 is 1.50 bits per heavy atom. The Morgan fingerprint density at radius 2 is 2.36 bits per heavy atom. The summed E-state index contributed by atoms with van der Waals surface area (Å²) in [4.78, 5) is 0. The van der Waals surface area contributed by atoms with Crippen LogP contribution in [0.15, 0.2) is 22.7 Å². The molecule has 0 amide bonds. The highest BCUT2D eigenvalue weighted by atomic mass is 79.9. The summed E-state index contributed by atoms with van der Waals surface area (Å²) in [5, 5.41) is 0. The van der Waals surface area contributed by atoms with Crippen molar-refractivity contribution in [3.05, 3.63) is 22.7 Å². The molecule has 0 aliphatic carbocycles. The van der Waals surface area contributed by atoms with Crippen LogP contribution < -0.4 is 10.5 Å². The molecule has 0 spiro atoms. The molecule has 1 fully saturated rings. The van der Waals surface area contributed by atoms with Gasteiger partial charge in [-0.25, -0.2) is 0 Å². The zero-order chi connectivity index (χ0) is 9.97. The van der Waals surface area contributed by atoms with Crippen LogP contribution in [0.4, 0.5) is 5.69 Å². The van der Waals surface area contributed by atoms with Crippen molar-refractivity contribution in [3.63, 3.8) is 0 Å². The number of para-hydroxylation sites is 1. The second-order valence-corrected chi connectivity index (χ2v) is 4.12. The Morgan fingerprint density at radius 3 is 3.00 bits per heavy atom. The number of ether oxygens (including phenoxy) is 2. The summed E-state index contributed by atoms with van der Waals surface area (Å²) < 4.78 is 11.9. The molecule has 1 aliphatic heterocycles. The van der Waals surface area contributed by atoms with E-state index in [-0.39, 0.29) is 6.10 Å². The molecule has 1 aliphatic rings. The van der Waals surface area contributed by atoms with Gasteiger partial charge >= 0.3 is 0 Å². The Balaban J connectivity index is 2.14. The van der Waals surface area contributed by atoms with Crippen molar-refractivity contribution in [3.8, 4) is 5.75 Å². The number of nitrogen functional groups attached to an aromatic ring is 1. The van der Waals surface area contributed by atoms with Crippen LogP contribution in [0.3, 0.4) is 0 Å². The fraction of sp³-hybridized carbons (Fsp3) is 0.400. The predicted octanol–water partition coefficient (Wildman–Crippen LogP) is 2.20. The third kappa shape index (κ3) is 2.01. The van der Waals surface area contributed by atoms with Crippen molar-refractivity contribution >= 4 is 21.6 Å². The van der Waals surface area contributed by atoms with Crippen LogP contribution in [-0.2, 0) is 4.74 Å². The third-order valence-corrected chi connectivity index (χ3v) is 2.79. The lowest BCUT2D eigenvalue weighted by atomic mass is 10.3. The average molecular weight is 258 g/mol. The molecule has 2 N–H and O–H groups in total. The number of hydrogen-bond acceptors (Lipinski definition) is 3. The molecule has 1 aromatic carbocycles. The van der Waals surface area contributed by atoms with Crippen molar-refractivity contribution in [1.82, 2.24) is 0 Å². The molecule has 76 valence electrons. The molecular formula is C10H12BrNO2. The smallest absolute Gasteiger partial charge is 0.156 e.